The second-order valence-corrected chi connectivity index (χ2v) is 11.1. The molecule has 1 aromatic heterocycles. The van der Waals surface area contributed by atoms with Crippen molar-refractivity contribution in [1.29, 1.82) is 0 Å². The molecule has 8 nitrogen and oxygen atoms in total. The summed E-state index contributed by atoms with van der Waals surface area (Å²) < 4.78 is 40.7. The number of hydrogen-bond acceptors (Lipinski definition) is 6. The fourth-order valence-corrected chi connectivity index (χ4v) is 5.52. The number of carbonyl (C=O) groups is 1. The second kappa shape index (κ2) is 9.56. The summed E-state index contributed by atoms with van der Waals surface area (Å²) in [5, 5.41) is 8.78. The lowest BCUT2D eigenvalue weighted by atomic mass is 9.92. The third kappa shape index (κ3) is 5.97. The molecule has 1 aliphatic rings. The van der Waals surface area contributed by atoms with Gasteiger partial charge in [0.15, 0.2) is 11.0 Å². The van der Waals surface area contributed by atoms with Crippen molar-refractivity contribution >= 4 is 33.4 Å². The molecule has 3 rings (SSSR count). The molecule has 0 aliphatic carbocycles. The summed E-state index contributed by atoms with van der Waals surface area (Å²) in [7, 11) is -1.89. The van der Waals surface area contributed by atoms with Gasteiger partial charge in [0.2, 0.25) is 15.9 Å². The van der Waals surface area contributed by atoms with Gasteiger partial charge in [0.05, 0.1) is 24.2 Å². The summed E-state index contributed by atoms with van der Waals surface area (Å²) in [6.45, 7) is 5.81. The highest BCUT2D eigenvalue weighted by Crippen LogP contribution is 2.24. The Morgan fingerprint density at radius 1 is 1.19 bits per heavy atom. The number of amides is 1. The average Bonchev–Trinajstić information content (AvgIpc) is 3.03. The lowest BCUT2D eigenvalue weighted by Gasteiger charge is -2.34. The number of hydrogen-bond donors (Lipinski definition) is 0. The summed E-state index contributed by atoms with van der Waals surface area (Å²) in [5.41, 5.74) is 0.338. The Morgan fingerprint density at radius 3 is 2.39 bits per heavy atom. The maximum Gasteiger partial charge on any atom is 0.233 e. The van der Waals surface area contributed by atoms with Crippen LogP contribution in [0, 0.1) is 17.7 Å². The summed E-state index contributed by atoms with van der Waals surface area (Å²) >= 11 is 1.29. The second-order valence-electron chi connectivity index (χ2n) is 8.24. The van der Waals surface area contributed by atoms with Crippen molar-refractivity contribution in [3.63, 3.8) is 0 Å². The molecule has 0 bridgehead atoms. The van der Waals surface area contributed by atoms with Crippen molar-refractivity contribution in [2.75, 3.05) is 29.4 Å². The van der Waals surface area contributed by atoms with Crippen LogP contribution < -0.4 is 4.31 Å². The van der Waals surface area contributed by atoms with Gasteiger partial charge < -0.3 is 9.47 Å². The molecule has 1 aliphatic heterocycles. The maximum atomic E-state index is 13.2. The first-order chi connectivity index (χ1) is 14.5. The number of nitrogens with zero attached hydrogens (tertiary/aromatic N) is 5. The number of carbonyl (C=O) groups excluding carboxylic acids is 1. The van der Waals surface area contributed by atoms with E-state index < -0.39 is 15.8 Å². The van der Waals surface area contributed by atoms with Crippen LogP contribution in [0.2, 0.25) is 0 Å². The normalized spacial score (nSPS) is 19.5. The van der Waals surface area contributed by atoms with E-state index >= 15 is 0 Å². The summed E-state index contributed by atoms with van der Waals surface area (Å²) in [6, 6.07) is 5.22. The van der Waals surface area contributed by atoms with Gasteiger partial charge >= 0.3 is 0 Å². The Kier molecular flexibility index (Phi) is 7.25. The molecule has 2 atom stereocenters. The third-order valence-corrected chi connectivity index (χ3v) is 7.42. The van der Waals surface area contributed by atoms with E-state index in [9.17, 15) is 17.6 Å². The lowest BCUT2D eigenvalue weighted by molar-refractivity contribution is -0.130. The lowest BCUT2D eigenvalue weighted by Crippen LogP contribution is -2.43. The van der Waals surface area contributed by atoms with E-state index in [1.807, 2.05) is 4.90 Å². The van der Waals surface area contributed by atoms with Crippen LogP contribution in [0.3, 0.4) is 0 Å². The van der Waals surface area contributed by atoms with Gasteiger partial charge in [0.25, 0.3) is 0 Å². The number of halogens is 1. The van der Waals surface area contributed by atoms with Gasteiger partial charge in [-0.1, -0.05) is 25.6 Å². The number of rotatable bonds is 7. The molecule has 170 valence electrons. The third-order valence-electron chi connectivity index (χ3n) is 5.27. The fourth-order valence-electron chi connectivity index (χ4n) is 3.83. The van der Waals surface area contributed by atoms with Gasteiger partial charge in [-0.15, -0.1) is 10.2 Å². The van der Waals surface area contributed by atoms with Crippen molar-refractivity contribution in [3.8, 4) is 0 Å². The van der Waals surface area contributed by atoms with Crippen LogP contribution in [0.25, 0.3) is 0 Å². The van der Waals surface area contributed by atoms with Crippen LogP contribution in [-0.4, -0.2) is 59.1 Å². The minimum absolute atomic E-state index is 0.0520. The molecule has 1 fully saturated rings. The van der Waals surface area contributed by atoms with E-state index in [2.05, 4.69) is 24.0 Å². The molecule has 0 radical (unpaired) electrons. The molecular weight excluding hydrogens is 441 g/mol. The standard InChI is InChI=1S/C20H28FN5O3S2/c1-14-9-15(2)11-25(10-14)19(27)13-30-20-23-22-18(24(20)3)12-26(31(4,28)29)17-7-5-16(21)6-8-17/h5-8,14-15H,9-13H2,1-4H3/t14-,15-/m0/s1. The molecule has 0 spiro atoms. The molecule has 0 saturated carbocycles. The van der Waals surface area contributed by atoms with E-state index in [1.54, 1.807) is 11.6 Å². The van der Waals surface area contributed by atoms with E-state index in [4.69, 9.17) is 0 Å². The van der Waals surface area contributed by atoms with Gasteiger partial charge in [0.1, 0.15) is 5.82 Å². The number of thioether (sulfide) groups is 1. The Hall–Kier alpha value is -2.14. The predicted molar refractivity (Wildman–Crippen MR) is 119 cm³/mol. The van der Waals surface area contributed by atoms with Crippen molar-refractivity contribution < 1.29 is 17.6 Å². The number of piperidine rings is 1. The van der Waals surface area contributed by atoms with Gasteiger partial charge in [-0.3, -0.25) is 9.10 Å². The van der Waals surface area contributed by atoms with Crippen LogP contribution in [0.4, 0.5) is 10.1 Å². The molecule has 1 aromatic carbocycles. The monoisotopic (exact) mass is 469 g/mol. The quantitative estimate of drug-likeness (QED) is 0.579. The van der Waals surface area contributed by atoms with E-state index in [0.29, 0.717) is 28.5 Å². The van der Waals surface area contributed by atoms with Gasteiger partial charge in [-0.2, -0.15) is 0 Å². The van der Waals surface area contributed by atoms with Crippen molar-refractivity contribution in [3.05, 3.63) is 35.9 Å². The largest absolute Gasteiger partial charge is 0.341 e. The van der Waals surface area contributed by atoms with Crippen LogP contribution in [0.1, 0.15) is 26.1 Å². The number of sulfonamides is 1. The van der Waals surface area contributed by atoms with E-state index in [1.165, 1.54) is 36.0 Å². The molecular formula is C20H28FN5O3S2. The molecule has 0 N–H and O–H groups in total. The Balaban J connectivity index is 1.69. The zero-order valence-electron chi connectivity index (χ0n) is 18.2. The molecule has 2 heterocycles. The van der Waals surface area contributed by atoms with Gasteiger partial charge in [0, 0.05) is 20.1 Å². The molecule has 31 heavy (non-hydrogen) atoms. The highest BCUT2D eigenvalue weighted by atomic mass is 32.2. The molecule has 11 heteroatoms. The maximum absolute atomic E-state index is 13.2. The summed E-state index contributed by atoms with van der Waals surface area (Å²) in [6.07, 6.45) is 2.22. The Bertz CT molecular complexity index is 1020. The highest BCUT2D eigenvalue weighted by molar-refractivity contribution is 7.99. The number of likely N-dealkylation sites (tertiary alicyclic amines) is 1. The minimum atomic E-state index is -3.63. The first-order valence-corrected chi connectivity index (χ1v) is 12.9. The topological polar surface area (TPSA) is 88.4 Å². The van der Waals surface area contributed by atoms with Crippen LogP contribution in [0.15, 0.2) is 29.4 Å². The highest BCUT2D eigenvalue weighted by Gasteiger charge is 2.26. The SMILES string of the molecule is C[C@H]1C[C@H](C)CN(C(=O)CSc2nnc(CN(c3ccc(F)cc3)S(C)(=O)=O)n2C)C1. The first kappa shape index (κ1) is 23.5. The Labute approximate surface area is 186 Å². The smallest absolute Gasteiger partial charge is 0.233 e. The molecule has 0 unspecified atom stereocenters. The molecule has 1 amide bonds. The van der Waals surface area contributed by atoms with Gasteiger partial charge in [-0.05, 0) is 42.5 Å². The average molecular weight is 470 g/mol. The van der Waals surface area contributed by atoms with Gasteiger partial charge in [-0.25, -0.2) is 12.8 Å². The van der Waals surface area contributed by atoms with Crippen molar-refractivity contribution in [2.24, 2.45) is 18.9 Å². The van der Waals surface area contributed by atoms with E-state index in [0.717, 1.165) is 30.1 Å². The fraction of sp³-hybridized carbons (Fsp3) is 0.550. The number of aromatic nitrogens is 3. The zero-order valence-corrected chi connectivity index (χ0v) is 19.8. The zero-order chi connectivity index (χ0) is 22.8. The number of benzene rings is 1. The van der Waals surface area contributed by atoms with Crippen molar-refractivity contribution in [1.82, 2.24) is 19.7 Å². The summed E-state index contributed by atoms with van der Waals surface area (Å²) in [5.74, 6) is 1.28. The molecule has 2 aromatic rings. The van der Waals surface area contributed by atoms with Crippen LogP contribution in [-0.2, 0) is 28.4 Å². The first-order valence-electron chi connectivity index (χ1n) is 10.1. The predicted octanol–water partition coefficient (Wildman–Crippen LogP) is 2.52. The molecule has 1 saturated heterocycles. The summed E-state index contributed by atoms with van der Waals surface area (Å²) in [4.78, 5) is 14.5. The number of anilines is 1. The Morgan fingerprint density at radius 2 is 1.81 bits per heavy atom. The van der Waals surface area contributed by atoms with Crippen LogP contribution >= 0.6 is 11.8 Å². The minimum Gasteiger partial charge on any atom is -0.341 e. The van der Waals surface area contributed by atoms with Crippen LogP contribution in [0.5, 0.6) is 0 Å². The van der Waals surface area contributed by atoms with Crippen molar-refractivity contribution in [2.45, 2.75) is 32.0 Å². The van der Waals surface area contributed by atoms with E-state index in [-0.39, 0.29) is 18.2 Å².